The van der Waals surface area contributed by atoms with Crippen LogP contribution in [0.25, 0.3) is 0 Å². The summed E-state index contributed by atoms with van der Waals surface area (Å²) < 4.78 is 0. The van der Waals surface area contributed by atoms with Crippen LogP contribution in [0.2, 0.25) is 11.1 Å². The number of halogens is 1. The molecule has 0 radical (unpaired) electrons. The number of hydrogen-bond donors (Lipinski definition) is 0. The molecule has 0 atom stereocenters. The molecular formula is C12H23ISi. The highest BCUT2D eigenvalue weighted by atomic mass is 127. The van der Waals surface area contributed by atoms with Gasteiger partial charge in [-0.05, 0) is 11.1 Å². The third-order valence-electron chi connectivity index (χ3n) is 4.20. The van der Waals surface area contributed by atoms with Gasteiger partial charge in [0.25, 0.3) is 0 Å². The Morgan fingerprint density at radius 2 is 1.00 bits per heavy atom. The molecule has 2 heteroatoms. The van der Waals surface area contributed by atoms with Crippen LogP contribution < -0.4 is 0 Å². The first kappa shape index (κ1) is 11.4. The van der Waals surface area contributed by atoms with E-state index in [2.05, 4.69) is 21.8 Å². The summed E-state index contributed by atoms with van der Waals surface area (Å²) in [6.07, 6.45) is 15.2. The molecule has 0 aliphatic heterocycles. The summed E-state index contributed by atoms with van der Waals surface area (Å²) in [5.41, 5.74) is 2.43. The molecule has 2 aliphatic rings. The van der Waals surface area contributed by atoms with Crippen LogP contribution in [0, 0.1) is 0 Å². The van der Waals surface area contributed by atoms with Crippen molar-refractivity contribution in [1.29, 1.82) is 0 Å². The van der Waals surface area contributed by atoms with Crippen molar-refractivity contribution >= 4 is 28.1 Å². The Balaban J connectivity index is 1.82. The molecule has 0 unspecified atom stereocenters. The van der Waals surface area contributed by atoms with Crippen molar-refractivity contribution in [2.45, 2.75) is 75.3 Å². The van der Waals surface area contributed by atoms with Crippen molar-refractivity contribution in [2.75, 3.05) is 0 Å². The van der Waals surface area contributed by atoms with Crippen LogP contribution in [-0.2, 0) is 0 Å². The van der Waals surface area contributed by atoms with Gasteiger partial charge in [-0.15, -0.1) is 21.8 Å². The van der Waals surface area contributed by atoms with E-state index in [0.717, 1.165) is 0 Å². The molecule has 0 aromatic carbocycles. The second-order valence-electron chi connectivity index (χ2n) is 5.24. The topological polar surface area (TPSA) is 0 Å². The van der Waals surface area contributed by atoms with Gasteiger partial charge in [-0.25, -0.2) is 0 Å². The molecule has 14 heavy (non-hydrogen) atoms. The van der Waals surface area contributed by atoms with Gasteiger partial charge in [0.05, 0.1) is 0 Å². The van der Waals surface area contributed by atoms with E-state index in [-0.39, 0.29) is 0 Å². The fourth-order valence-corrected chi connectivity index (χ4v) is 10.6. The van der Waals surface area contributed by atoms with E-state index in [1.54, 1.807) is 51.4 Å². The lowest BCUT2D eigenvalue weighted by Crippen LogP contribution is -2.24. The maximum atomic E-state index is 2.92. The van der Waals surface area contributed by atoms with Crippen molar-refractivity contribution in [2.24, 2.45) is 0 Å². The first-order valence-electron chi connectivity index (χ1n) is 6.52. The minimum atomic E-state index is -0.395. The van der Waals surface area contributed by atoms with Gasteiger partial charge >= 0.3 is 0 Å². The van der Waals surface area contributed by atoms with Gasteiger partial charge in [-0.3, -0.25) is 0 Å². The van der Waals surface area contributed by atoms with Gasteiger partial charge in [0.15, 0.2) is 0 Å². The summed E-state index contributed by atoms with van der Waals surface area (Å²) >= 11 is 2.92. The van der Waals surface area contributed by atoms with Crippen molar-refractivity contribution in [3.05, 3.63) is 0 Å². The van der Waals surface area contributed by atoms with Crippen molar-refractivity contribution in [1.82, 2.24) is 0 Å². The van der Waals surface area contributed by atoms with Crippen LogP contribution in [0.4, 0.5) is 0 Å². The van der Waals surface area contributed by atoms with Gasteiger partial charge in [0, 0.05) is 0 Å². The fourth-order valence-electron chi connectivity index (χ4n) is 3.29. The summed E-state index contributed by atoms with van der Waals surface area (Å²) in [6.45, 7) is 0. The average Bonchev–Trinajstić information content (AvgIpc) is 2.30. The summed E-state index contributed by atoms with van der Waals surface area (Å²) in [7, 11) is 0. The van der Waals surface area contributed by atoms with Crippen LogP contribution in [0.1, 0.15) is 64.2 Å². The van der Waals surface area contributed by atoms with Crippen LogP contribution >= 0.6 is 21.8 Å². The quantitative estimate of drug-likeness (QED) is 0.389. The zero-order valence-corrected chi connectivity index (χ0v) is 12.5. The Morgan fingerprint density at radius 3 is 1.36 bits per heavy atom. The lowest BCUT2D eigenvalue weighted by Gasteiger charge is -2.33. The lowest BCUT2D eigenvalue weighted by molar-refractivity contribution is 0.469. The SMILES string of the molecule is I[SiH](C1CCCCC1)C1CCCCC1. The summed E-state index contributed by atoms with van der Waals surface area (Å²) in [4.78, 5) is 0. The normalized spacial score (nSPS) is 27.0. The molecule has 0 N–H and O–H groups in total. The molecule has 0 bridgehead atoms. The van der Waals surface area contributed by atoms with Crippen LogP contribution in [0.5, 0.6) is 0 Å². The highest BCUT2D eigenvalue weighted by Crippen LogP contribution is 2.43. The first-order chi connectivity index (χ1) is 6.88. The molecule has 2 rings (SSSR count). The molecule has 0 aromatic rings. The van der Waals surface area contributed by atoms with E-state index in [0.29, 0.717) is 0 Å². The highest BCUT2D eigenvalue weighted by molar-refractivity contribution is 14.1. The van der Waals surface area contributed by atoms with Gasteiger partial charge < -0.3 is 0 Å². The lowest BCUT2D eigenvalue weighted by atomic mass is 9.99. The predicted octanol–water partition coefficient (Wildman–Crippen LogP) is 4.81. The molecule has 2 aliphatic carbocycles. The van der Waals surface area contributed by atoms with Gasteiger partial charge in [-0.1, -0.05) is 64.2 Å². The molecule has 0 aromatic heterocycles. The molecule has 0 heterocycles. The molecule has 82 valence electrons. The first-order valence-corrected chi connectivity index (χ1v) is 12.0. The minimum absolute atomic E-state index is 0.395. The van der Waals surface area contributed by atoms with E-state index in [4.69, 9.17) is 0 Å². The Labute approximate surface area is 103 Å². The minimum Gasteiger partial charge on any atom is -0.123 e. The van der Waals surface area contributed by atoms with E-state index in [1.165, 1.54) is 23.9 Å². The van der Waals surface area contributed by atoms with E-state index in [1.807, 2.05) is 0 Å². The van der Waals surface area contributed by atoms with Crippen molar-refractivity contribution < 1.29 is 0 Å². The van der Waals surface area contributed by atoms with Gasteiger partial charge in [-0.2, -0.15) is 0 Å². The molecule has 0 saturated heterocycles. The zero-order valence-electron chi connectivity index (χ0n) is 9.18. The highest BCUT2D eigenvalue weighted by Gasteiger charge is 2.30. The molecule has 2 fully saturated rings. The second kappa shape index (κ2) is 5.88. The molecule has 2 saturated carbocycles. The largest absolute Gasteiger partial charge is 0.123 e. The summed E-state index contributed by atoms with van der Waals surface area (Å²) in [6, 6.07) is 0. The molecule has 0 spiro atoms. The number of rotatable bonds is 2. The van der Waals surface area contributed by atoms with Crippen LogP contribution in [0.3, 0.4) is 0 Å². The smallest absolute Gasteiger partial charge is 0.116 e. The van der Waals surface area contributed by atoms with E-state index >= 15 is 0 Å². The average molecular weight is 322 g/mol. The van der Waals surface area contributed by atoms with Gasteiger partial charge in [0.1, 0.15) is 6.29 Å². The predicted molar refractivity (Wildman–Crippen MR) is 74.8 cm³/mol. The van der Waals surface area contributed by atoms with E-state index < -0.39 is 6.29 Å². The standard InChI is InChI=1S/C12H23ISi/c13-14(11-7-3-1-4-8-11)12-9-5-2-6-10-12/h11-12,14H,1-10H2. The summed E-state index contributed by atoms with van der Waals surface area (Å²) in [5.74, 6) is 0. The third kappa shape index (κ3) is 2.97. The zero-order chi connectivity index (χ0) is 9.80. The third-order valence-corrected chi connectivity index (χ3v) is 13.4. The van der Waals surface area contributed by atoms with Crippen LogP contribution in [0.15, 0.2) is 0 Å². The second-order valence-corrected chi connectivity index (χ2v) is 12.3. The molecule has 0 nitrogen and oxygen atoms in total. The fraction of sp³-hybridized carbons (Fsp3) is 1.00. The van der Waals surface area contributed by atoms with E-state index in [9.17, 15) is 0 Å². The Morgan fingerprint density at radius 1 is 0.643 bits per heavy atom. The maximum absolute atomic E-state index is 2.92. The van der Waals surface area contributed by atoms with Crippen molar-refractivity contribution in [3.8, 4) is 0 Å². The maximum Gasteiger partial charge on any atom is 0.116 e. The van der Waals surface area contributed by atoms with Gasteiger partial charge in [0.2, 0.25) is 0 Å². The molecule has 0 amide bonds. The Hall–Kier alpha value is 0.947. The van der Waals surface area contributed by atoms with Crippen molar-refractivity contribution in [3.63, 3.8) is 0 Å². The Bertz CT molecular complexity index is 142. The van der Waals surface area contributed by atoms with Crippen LogP contribution in [-0.4, -0.2) is 6.29 Å². The Kier molecular flexibility index (Phi) is 4.80. The number of hydrogen-bond acceptors (Lipinski definition) is 0. The monoisotopic (exact) mass is 322 g/mol. The molecular weight excluding hydrogens is 299 g/mol. The summed E-state index contributed by atoms with van der Waals surface area (Å²) in [5, 5.41) is 0.